The Morgan fingerprint density at radius 3 is 2.17 bits per heavy atom. The third-order valence-corrected chi connectivity index (χ3v) is 6.26. The Morgan fingerprint density at radius 1 is 1.00 bits per heavy atom. The fourth-order valence-electron chi connectivity index (χ4n) is 3.73. The molecule has 3 amide bonds. The summed E-state index contributed by atoms with van der Waals surface area (Å²) < 4.78 is 5.88. The Labute approximate surface area is 212 Å². The van der Waals surface area contributed by atoms with Crippen LogP contribution in [0.2, 0.25) is 10.0 Å². The Hall–Kier alpha value is -3.26. The number of anilines is 1. The SMILES string of the molecule is CC(C)(C)c1ccc(C(O)c2cc(Oc3c(Cl)cc(N4CC(=O)NC4=O)cc3Cl)ccc2O)cc1. The maximum absolute atomic E-state index is 11.9. The number of aliphatic hydroxyl groups excluding tert-OH is 1. The highest BCUT2D eigenvalue weighted by Crippen LogP contribution is 2.41. The zero-order valence-corrected chi connectivity index (χ0v) is 20.8. The normalized spacial score (nSPS) is 14.7. The van der Waals surface area contributed by atoms with Gasteiger partial charge < -0.3 is 14.9 Å². The molecule has 1 aliphatic rings. The molecule has 0 saturated carbocycles. The van der Waals surface area contributed by atoms with Gasteiger partial charge in [0.15, 0.2) is 5.75 Å². The summed E-state index contributed by atoms with van der Waals surface area (Å²) in [7, 11) is 0. The number of amides is 3. The van der Waals surface area contributed by atoms with Gasteiger partial charge in [0.1, 0.15) is 24.1 Å². The number of phenolic OH excluding ortho intramolecular Hbond substituents is 1. The second kappa shape index (κ2) is 9.41. The molecular formula is C26H24Cl2N2O5. The van der Waals surface area contributed by atoms with E-state index in [0.717, 1.165) is 5.56 Å². The zero-order valence-electron chi connectivity index (χ0n) is 19.3. The molecule has 1 fully saturated rings. The van der Waals surface area contributed by atoms with Crippen molar-refractivity contribution in [2.45, 2.75) is 32.3 Å². The quantitative estimate of drug-likeness (QED) is 0.366. The molecule has 1 heterocycles. The largest absolute Gasteiger partial charge is 0.508 e. The molecule has 182 valence electrons. The second-order valence-electron chi connectivity index (χ2n) is 9.28. The van der Waals surface area contributed by atoms with Gasteiger partial charge in [0.05, 0.1) is 10.0 Å². The summed E-state index contributed by atoms with van der Waals surface area (Å²) in [6.07, 6.45) is -1.09. The molecule has 1 aliphatic heterocycles. The van der Waals surface area contributed by atoms with Gasteiger partial charge in [-0.15, -0.1) is 0 Å². The van der Waals surface area contributed by atoms with Crippen molar-refractivity contribution in [1.29, 1.82) is 0 Å². The number of carbonyl (C=O) groups is 2. The number of benzene rings is 3. The van der Waals surface area contributed by atoms with Gasteiger partial charge in [-0.2, -0.15) is 0 Å². The molecule has 9 heteroatoms. The number of ether oxygens (including phenoxy) is 1. The Morgan fingerprint density at radius 2 is 1.63 bits per heavy atom. The fourth-order valence-corrected chi connectivity index (χ4v) is 4.28. The smallest absolute Gasteiger partial charge is 0.329 e. The lowest BCUT2D eigenvalue weighted by Crippen LogP contribution is -2.27. The first-order chi connectivity index (χ1) is 16.4. The van der Waals surface area contributed by atoms with Gasteiger partial charge in [-0.25, -0.2) is 4.79 Å². The van der Waals surface area contributed by atoms with E-state index in [1.807, 2.05) is 24.3 Å². The maximum atomic E-state index is 11.9. The van der Waals surface area contributed by atoms with Crippen LogP contribution in [0.15, 0.2) is 54.6 Å². The number of rotatable bonds is 5. The topological polar surface area (TPSA) is 99.1 Å². The number of urea groups is 1. The minimum Gasteiger partial charge on any atom is -0.508 e. The first-order valence-electron chi connectivity index (χ1n) is 10.8. The fraction of sp³-hybridized carbons (Fsp3) is 0.231. The van der Waals surface area contributed by atoms with Gasteiger partial charge in [-0.05, 0) is 46.9 Å². The standard InChI is InChI=1S/C26H24Cl2N2O5/c1-26(2,3)15-6-4-14(5-7-15)23(33)18-12-17(8-9-21(18)31)35-24-19(27)10-16(11-20(24)28)30-13-22(32)29-25(30)34/h4-12,23,31,33H,13H2,1-3H3,(H,29,32,34). The first kappa shape index (κ1) is 24.9. The Kier molecular flexibility index (Phi) is 6.68. The van der Waals surface area contributed by atoms with Crippen LogP contribution in [0.4, 0.5) is 10.5 Å². The molecule has 0 bridgehead atoms. The summed E-state index contributed by atoms with van der Waals surface area (Å²) in [6.45, 7) is 6.18. The molecule has 3 aromatic carbocycles. The van der Waals surface area contributed by atoms with Gasteiger partial charge in [0, 0.05) is 11.3 Å². The predicted octanol–water partition coefficient (Wildman–Crippen LogP) is 5.93. The summed E-state index contributed by atoms with van der Waals surface area (Å²) in [5.41, 5.74) is 2.31. The molecule has 0 aliphatic carbocycles. The Balaban J connectivity index is 1.59. The van der Waals surface area contributed by atoms with Crippen LogP contribution < -0.4 is 15.0 Å². The van der Waals surface area contributed by atoms with E-state index in [-0.39, 0.29) is 44.8 Å². The van der Waals surface area contributed by atoms with Gasteiger partial charge in [-0.3, -0.25) is 15.0 Å². The van der Waals surface area contributed by atoms with Crippen LogP contribution in [0.25, 0.3) is 0 Å². The number of hydrogen-bond donors (Lipinski definition) is 3. The summed E-state index contributed by atoms with van der Waals surface area (Å²) in [6, 6.07) is 14.3. The van der Waals surface area contributed by atoms with Gasteiger partial charge in [0.25, 0.3) is 0 Å². The highest BCUT2D eigenvalue weighted by Gasteiger charge is 2.29. The number of phenols is 1. The molecule has 3 N–H and O–H groups in total. The highest BCUT2D eigenvalue weighted by molar-refractivity contribution is 6.38. The minimum absolute atomic E-state index is 0.0262. The van der Waals surface area contributed by atoms with Gasteiger partial charge in [-0.1, -0.05) is 68.2 Å². The van der Waals surface area contributed by atoms with Crippen LogP contribution in [0.3, 0.4) is 0 Å². The number of aromatic hydroxyl groups is 1. The molecule has 35 heavy (non-hydrogen) atoms. The lowest BCUT2D eigenvalue weighted by atomic mass is 9.86. The van der Waals surface area contributed by atoms with Crippen molar-refractivity contribution >= 4 is 40.8 Å². The van der Waals surface area contributed by atoms with Crippen LogP contribution in [0, 0.1) is 0 Å². The third kappa shape index (κ3) is 5.22. The number of nitrogens with one attached hydrogen (secondary N) is 1. The zero-order chi connectivity index (χ0) is 25.5. The van der Waals surface area contributed by atoms with Crippen molar-refractivity contribution in [1.82, 2.24) is 5.32 Å². The average Bonchev–Trinajstić information content (AvgIpc) is 3.14. The first-order valence-corrected chi connectivity index (χ1v) is 11.6. The molecule has 1 unspecified atom stereocenters. The van der Waals surface area contributed by atoms with E-state index < -0.39 is 18.0 Å². The van der Waals surface area contributed by atoms with Crippen molar-refractivity contribution in [3.05, 3.63) is 81.3 Å². The van der Waals surface area contributed by atoms with E-state index in [2.05, 4.69) is 26.1 Å². The van der Waals surface area contributed by atoms with E-state index in [4.69, 9.17) is 27.9 Å². The van der Waals surface area contributed by atoms with Crippen molar-refractivity contribution < 1.29 is 24.5 Å². The van der Waals surface area contributed by atoms with Crippen LogP contribution in [0.1, 0.15) is 43.6 Å². The third-order valence-electron chi connectivity index (χ3n) is 5.69. The van der Waals surface area contributed by atoms with E-state index in [9.17, 15) is 19.8 Å². The summed E-state index contributed by atoms with van der Waals surface area (Å²) in [4.78, 5) is 24.6. The van der Waals surface area contributed by atoms with Crippen LogP contribution >= 0.6 is 23.2 Å². The van der Waals surface area contributed by atoms with Crippen molar-refractivity contribution in [2.24, 2.45) is 0 Å². The molecule has 0 spiro atoms. The molecule has 1 atom stereocenters. The van der Waals surface area contributed by atoms with Crippen molar-refractivity contribution in [3.8, 4) is 17.2 Å². The van der Waals surface area contributed by atoms with Gasteiger partial charge >= 0.3 is 6.03 Å². The molecular weight excluding hydrogens is 491 g/mol. The number of halogens is 2. The van der Waals surface area contributed by atoms with E-state index in [0.29, 0.717) is 11.3 Å². The molecule has 3 aromatic rings. The summed E-state index contributed by atoms with van der Waals surface area (Å²) in [5, 5.41) is 23.7. The summed E-state index contributed by atoms with van der Waals surface area (Å²) in [5.74, 6) is -0.106. The van der Waals surface area contributed by atoms with E-state index >= 15 is 0 Å². The van der Waals surface area contributed by atoms with Crippen LogP contribution in [-0.2, 0) is 10.2 Å². The lowest BCUT2D eigenvalue weighted by Gasteiger charge is -2.21. The maximum Gasteiger partial charge on any atom is 0.329 e. The van der Waals surface area contributed by atoms with E-state index in [1.165, 1.54) is 35.2 Å². The predicted molar refractivity (Wildman–Crippen MR) is 135 cm³/mol. The molecule has 1 saturated heterocycles. The molecule has 7 nitrogen and oxygen atoms in total. The number of aliphatic hydroxyl groups is 1. The number of hydrogen-bond acceptors (Lipinski definition) is 5. The van der Waals surface area contributed by atoms with Crippen LogP contribution in [0.5, 0.6) is 17.2 Å². The van der Waals surface area contributed by atoms with Crippen LogP contribution in [-0.4, -0.2) is 28.7 Å². The van der Waals surface area contributed by atoms with Crippen molar-refractivity contribution in [2.75, 3.05) is 11.4 Å². The molecule has 0 radical (unpaired) electrons. The Bertz CT molecular complexity index is 1280. The number of carbonyl (C=O) groups excluding carboxylic acids is 2. The lowest BCUT2D eigenvalue weighted by molar-refractivity contribution is -0.117. The van der Waals surface area contributed by atoms with Gasteiger partial charge in [0.2, 0.25) is 5.91 Å². The monoisotopic (exact) mass is 514 g/mol. The number of nitrogens with zero attached hydrogens (tertiary/aromatic N) is 1. The summed E-state index contributed by atoms with van der Waals surface area (Å²) >= 11 is 12.8. The molecule has 0 aromatic heterocycles. The minimum atomic E-state index is -1.09. The second-order valence-corrected chi connectivity index (χ2v) is 10.1. The van der Waals surface area contributed by atoms with E-state index in [1.54, 1.807) is 0 Å². The molecule has 4 rings (SSSR count). The average molecular weight is 515 g/mol. The highest BCUT2D eigenvalue weighted by atomic mass is 35.5. The number of imide groups is 1. The van der Waals surface area contributed by atoms with Crippen molar-refractivity contribution in [3.63, 3.8) is 0 Å².